The van der Waals surface area contributed by atoms with E-state index in [-0.39, 0.29) is 0 Å². The van der Waals surface area contributed by atoms with Gasteiger partial charge in [-0.3, -0.25) is 0 Å². The maximum absolute atomic E-state index is 4.58. The van der Waals surface area contributed by atoms with Gasteiger partial charge in [-0.2, -0.15) is 16.9 Å². The van der Waals surface area contributed by atoms with Gasteiger partial charge in [0.05, 0.1) is 9.72 Å². The molecule has 1 fully saturated rings. The van der Waals surface area contributed by atoms with Crippen LogP contribution in [-0.2, 0) is 0 Å². The van der Waals surface area contributed by atoms with E-state index in [4.69, 9.17) is 0 Å². The van der Waals surface area contributed by atoms with Gasteiger partial charge in [0.15, 0.2) is 11.5 Å². The van der Waals surface area contributed by atoms with Gasteiger partial charge in [0.25, 0.3) is 0 Å². The lowest BCUT2D eigenvalue weighted by atomic mass is 10.2. The summed E-state index contributed by atoms with van der Waals surface area (Å²) in [6.07, 6.45) is 4.43. The molecule has 0 amide bonds. The van der Waals surface area contributed by atoms with Gasteiger partial charge in [-0.15, -0.1) is 0 Å². The number of hydrogen-bond acceptors (Lipinski definition) is 3. The van der Waals surface area contributed by atoms with Gasteiger partial charge in [-0.1, -0.05) is 0 Å². The summed E-state index contributed by atoms with van der Waals surface area (Å²) in [6.45, 7) is 0. The molecule has 0 bridgehead atoms. The first-order valence-electron chi connectivity index (χ1n) is 4.97. The smallest absolute Gasteiger partial charge is 0.169 e. The fourth-order valence-corrected chi connectivity index (χ4v) is 3.43. The van der Waals surface area contributed by atoms with E-state index < -0.39 is 0 Å². The molecule has 0 saturated carbocycles. The standard InChI is InChI=1S/C10H10BrN3S/c11-7-3-1-5-14-10(7)12-9(13-14)8-4-2-6-15-8/h1,3,5,8H,2,4,6H2. The predicted octanol–water partition coefficient (Wildman–Crippen LogP) is 3.06. The second kappa shape index (κ2) is 3.79. The fraction of sp³-hybridized carbons (Fsp3) is 0.400. The Balaban J connectivity index is 2.09. The number of halogens is 1. The molecule has 1 saturated heterocycles. The number of aromatic nitrogens is 3. The van der Waals surface area contributed by atoms with E-state index in [1.54, 1.807) is 0 Å². The van der Waals surface area contributed by atoms with E-state index in [1.807, 2.05) is 34.6 Å². The summed E-state index contributed by atoms with van der Waals surface area (Å²) in [6, 6.07) is 3.97. The molecular weight excluding hydrogens is 274 g/mol. The SMILES string of the molecule is Brc1cccn2nc(C3CCCS3)nc12. The topological polar surface area (TPSA) is 30.2 Å². The minimum Gasteiger partial charge on any atom is -0.220 e. The third-order valence-electron chi connectivity index (χ3n) is 2.55. The zero-order chi connectivity index (χ0) is 10.3. The molecule has 1 aliphatic heterocycles. The molecule has 1 atom stereocenters. The van der Waals surface area contributed by atoms with Gasteiger partial charge in [0, 0.05) is 6.20 Å². The van der Waals surface area contributed by atoms with E-state index in [1.165, 1.54) is 18.6 Å². The second-order valence-electron chi connectivity index (χ2n) is 3.60. The van der Waals surface area contributed by atoms with E-state index in [2.05, 4.69) is 26.0 Å². The lowest BCUT2D eigenvalue weighted by Crippen LogP contribution is -1.92. The first kappa shape index (κ1) is 9.66. The highest BCUT2D eigenvalue weighted by atomic mass is 79.9. The Morgan fingerprint density at radius 1 is 1.53 bits per heavy atom. The van der Waals surface area contributed by atoms with Crippen LogP contribution in [0, 0.1) is 0 Å². The van der Waals surface area contributed by atoms with Gasteiger partial charge in [-0.05, 0) is 46.7 Å². The summed E-state index contributed by atoms with van der Waals surface area (Å²) in [4.78, 5) is 4.58. The van der Waals surface area contributed by atoms with Crippen molar-refractivity contribution in [3.63, 3.8) is 0 Å². The monoisotopic (exact) mass is 283 g/mol. The quantitative estimate of drug-likeness (QED) is 0.806. The van der Waals surface area contributed by atoms with Crippen molar-refractivity contribution in [3.8, 4) is 0 Å². The normalized spacial score (nSPS) is 21.3. The highest BCUT2D eigenvalue weighted by molar-refractivity contribution is 9.10. The molecule has 0 radical (unpaired) electrons. The van der Waals surface area contributed by atoms with Crippen LogP contribution in [0.2, 0.25) is 0 Å². The zero-order valence-corrected chi connectivity index (χ0v) is 10.5. The summed E-state index contributed by atoms with van der Waals surface area (Å²) >= 11 is 5.45. The fourth-order valence-electron chi connectivity index (χ4n) is 1.81. The van der Waals surface area contributed by atoms with Crippen molar-refractivity contribution in [3.05, 3.63) is 28.6 Å². The van der Waals surface area contributed by atoms with Crippen molar-refractivity contribution in [2.24, 2.45) is 0 Å². The molecule has 0 aliphatic carbocycles. The van der Waals surface area contributed by atoms with Crippen LogP contribution in [-0.4, -0.2) is 20.4 Å². The molecule has 0 spiro atoms. The van der Waals surface area contributed by atoms with Gasteiger partial charge in [0.2, 0.25) is 0 Å². The second-order valence-corrected chi connectivity index (χ2v) is 5.76. The highest BCUT2D eigenvalue weighted by Crippen LogP contribution is 2.38. The first-order chi connectivity index (χ1) is 7.34. The number of fused-ring (bicyclic) bond motifs is 1. The molecule has 15 heavy (non-hydrogen) atoms. The zero-order valence-electron chi connectivity index (χ0n) is 8.06. The third kappa shape index (κ3) is 1.67. The summed E-state index contributed by atoms with van der Waals surface area (Å²) in [5, 5.41) is 5.01. The summed E-state index contributed by atoms with van der Waals surface area (Å²) in [7, 11) is 0. The molecule has 1 aliphatic rings. The van der Waals surface area contributed by atoms with E-state index in [0.717, 1.165) is 15.9 Å². The highest BCUT2D eigenvalue weighted by Gasteiger charge is 2.22. The average molecular weight is 284 g/mol. The van der Waals surface area contributed by atoms with Gasteiger partial charge < -0.3 is 0 Å². The molecule has 3 nitrogen and oxygen atoms in total. The van der Waals surface area contributed by atoms with Crippen molar-refractivity contribution < 1.29 is 0 Å². The van der Waals surface area contributed by atoms with Crippen molar-refractivity contribution in [2.75, 3.05) is 5.75 Å². The van der Waals surface area contributed by atoms with Crippen LogP contribution in [0.4, 0.5) is 0 Å². The van der Waals surface area contributed by atoms with Gasteiger partial charge in [-0.25, -0.2) is 9.50 Å². The van der Waals surface area contributed by atoms with Crippen LogP contribution in [0.3, 0.4) is 0 Å². The molecule has 78 valence electrons. The van der Waals surface area contributed by atoms with Crippen LogP contribution < -0.4 is 0 Å². The number of rotatable bonds is 1. The van der Waals surface area contributed by atoms with E-state index in [0.29, 0.717) is 5.25 Å². The summed E-state index contributed by atoms with van der Waals surface area (Å²) in [5.74, 6) is 2.21. The van der Waals surface area contributed by atoms with E-state index >= 15 is 0 Å². The van der Waals surface area contributed by atoms with Crippen molar-refractivity contribution >= 4 is 33.3 Å². The Kier molecular flexibility index (Phi) is 2.44. The number of thioether (sulfide) groups is 1. The summed E-state index contributed by atoms with van der Waals surface area (Å²) in [5.41, 5.74) is 0.917. The Hall–Kier alpha value is -0.550. The van der Waals surface area contributed by atoms with Crippen LogP contribution in [0.15, 0.2) is 22.8 Å². The van der Waals surface area contributed by atoms with Gasteiger partial charge >= 0.3 is 0 Å². The average Bonchev–Trinajstić information content (AvgIpc) is 2.86. The lowest BCUT2D eigenvalue weighted by molar-refractivity contribution is 0.770. The Morgan fingerprint density at radius 3 is 3.20 bits per heavy atom. The Bertz CT molecular complexity index is 490. The molecule has 3 heterocycles. The molecule has 2 aromatic rings. The van der Waals surface area contributed by atoms with Crippen LogP contribution >= 0.6 is 27.7 Å². The predicted molar refractivity (Wildman–Crippen MR) is 65.1 cm³/mol. The maximum atomic E-state index is 4.58. The largest absolute Gasteiger partial charge is 0.220 e. The van der Waals surface area contributed by atoms with Crippen LogP contribution in [0.5, 0.6) is 0 Å². The Morgan fingerprint density at radius 2 is 2.47 bits per heavy atom. The van der Waals surface area contributed by atoms with Crippen LogP contribution in [0.25, 0.3) is 5.65 Å². The molecular formula is C10H10BrN3S. The van der Waals surface area contributed by atoms with Crippen molar-refractivity contribution in [1.82, 2.24) is 14.6 Å². The molecule has 3 rings (SSSR count). The lowest BCUT2D eigenvalue weighted by Gasteiger charge is -1.99. The number of nitrogens with zero attached hydrogens (tertiary/aromatic N) is 3. The molecule has 2 aromatic heterocycles. The minimum atomic E-state index is 0.497. The number of pyridine rings is 1. The summed E-state index contributed by atoms with van der Waals surface area (Å²) < 4.78 is 2.85. The van der Waals surface area contributed by atoms with Gasteiger partial charge in [0.1, 0.15) is 0 Å². The molecule has 0 aromatic carbocycles. The molecule has 0 N–H and O–H groups in total. The maximum Gasteiger partial charge on any atom is 0.169 e. The third-order valence-corrected chi connectivity index (χ3v) is 4.54. The molecule has 1 unspecified atom stereocenters. The van der Waals surface area contributed by atoms with Crippen molar-refractivity contribution in [2.45, 2.75) is 18.1 Å². The van der Waals surface area contributed by atoms with Crippen molar-refractivity contribution in [1.29, 1.82) is 0 Å². The van der Waals surface area contributed by atoms with Crippen LogP contribution in [0.1, 0.15) is 23.9 Å². The Labute approximate surface area is 100 Å². The molecule has 5 heteroatoms. The first-order valence-corrected chi connectivity index (χ1v) is 6.81. The number of hydrogen-bond donors (Lipinski definition) is 0. The minimum absolute atomic E-state index is 0.497. The van der Waals surface area contributed by atoms with E-state index in [9.17, 15) is 0 Å².